The summed E-state index contributed by atoms with van der Waals surface area (Å²) in [5.41, 5.74) is 8.34. The van der Waals surface area contributed by atoms with Crippen LogP contribution in [0.1, 0.15) is 30.0 Å². The quantitative estimate of drug-likeness (QED) is 0.680. The average molecular weight is 428 g/mol. The summed E-state index contributed by atoms with van der Waals surface area (Å²) in [6.07, 6.45) is 4.83. The van der Waals surface area contributed by atoms with Crippen LogP contribution < -0.4 is 16.2 Å². The van der Waals surface area contributed by atoms with E-state index < -0.39 is 0 Å². The fourth-order valence-corrected chi connectivity index (χ4v) is 4.27. The molecule has 7 nitrogen and oxygen atoms in total. The third kappa shape index (κ3) is 4.80. The van der Waals surface area contributed by atoms with Gasteiger partial charge in [0, 0.05) is 49.5 Å². The molecule has 2 fully saturated rings. The number of benzene rings is 1. The van der Waals surface area contributed by atoms with Crippen molar-refractivity contribution in [1.82, 2.24) is 26.1 Å². The van der Waals surface area contributed by atoms with Crippen molar-refractivity contribution in [3.8, 4) is 0 Å². The summed E-state index contributed by atoms with van der Waals surface area (Å²) in [6.45, 7) is 2.27. The lowest BCUT2D eigenvalue weighted by atomic mass is 9.91. The van der Waals surface area contributed by atoms with Gasteiger partial charge in [0.15, 0.2) is 0 Å². The molecule has 2 aliphatic heterocycles. The molecule has 0 aliphatic carbocycles. The van der Waals surface area contributed by atoms with Crippen molar-refractivity contribution in [2.45, 2.75) is 25.4 Å². The van der Waals surface area contributed by atoms with Crippen molar-refractivity contribution in [2.75, 3.05) is 19.6 Å². The monoisotopic (exact) mass is 427 g/mol. The Bertz CT molecular complexity index is 869. The van der Waals surface area contributed by atoms with Crippen LogP contribution in [-0.4, -0.2) is 41.3 Å². The van der Waals surface area contributed by atoms with Crippen LogP contribution in [0.15, 0.2) is 48.8 Å². The number of hydrazine groups is 1. The molecule has 8 heteroatoms. The summed E-state index contributed by atoms with van der Waals surface area (Å²) in [6, 6.07) is 11.3. The number of hydrogen-bond donors (Lipinski definition) is 3. The van der Waals surface area contributed by atoms with Gasteiger partial charge in [-0.1, -0.05) is 29.8 Å². The summed E-state index contributed by atoms with van der Waals surface area (Å²) < 4.78 is 0. The van der Waals surface area contributed by atoms with E-state index in [0.29, 0.717) is 44.0 Å². The van der Waals surface area contributed by atoms with Crippen LogP contribution in [0, 0.1) is 11.8 Å². The Labute approximate surface area is 181 Å². The number of halogens is 1. The van der Waals surface area contributed by atoms with Gasteiger partial charge in [-0.05, 0) is 42.2 Å². The van der Waals surface area contributed by atoms with Crippen molar-refractivity contribution in [3.05, 3.63) is 64.9 Å². The number of nitrogens with zero attached hydrogens (tertiary/aromatic N) is 2. The molecule has 30 heavy (non-hydrogen) atoms. The van der Waals surface area contributed by atoms with Crippen LogP contribution in [-0.2, 0) is 16.1 Å². The van der Waals surface area contributed by atoms with E-state index in [2.05, 4.69) is 21.2 Å². The first-order chi connectivity index (χ1) is 14.6. The first-order valence-electron chi connectivity index (χ1n) is 10.3. The normalized spacial score (nSPS) is 22.1. The molecule has 2 unspecified atom stereocenters. The lowest BCUT2D eigenvalue weighted by molar-refractivity contribution is -0.139. The summed E-state index contributed by atoms with van der Waals surface area (Å²) in [5, 5.41) is 3.67. The second kappa shape index (κ2) is 9.55. The molecule has 158 valence electrons. The highest BCUT2D eigenvalue weighted by Gasteiger charge is 2.38. The van der Waals surface area contributed by atoms with E-state index in [9.17, 15) is 9.59 Å². The Morgan fingerprint density at radius 1 is 1.17 bits per heavy atom. The smallest absolute Gasteiger partial charge is 0.229 e. The van der Waals surface area contributed by atoms with E-state index in [0.717, 1.165) is 11.1 Å². The number of rotatable bonds is 5. The number of amides is 2. The molecular formula is C22H26ClN5O2. The summed E-state index contributed by atoms with van der Waals surface area (Å²) in [5.74, 6) is -0.0596. The first kappa shape index (κ1) is 20.8. The zero-order chi connectivity index (χ0) is 20.9. The maximum Gasteiger partial charge on any atom is 0.229 e. The average Bonchev–Trinajstić information content (AvgIpc) is 3.28. The van der Waals surface area contributed by atoms with E-state index in [1.54, 1.807) is 12.4 Å². The van der Waals surface area contributed by atoms with Crippen LogP contribution >= 0.6 is 11.6 Å². The summed E-state index contributed by atoms with van der Waals surface area (Å²) >= 11 is 5.99. The van der Waals surface area contributed by atoms with Crippen LogP contribution in [0.25, 0.3) is 0 Å². The van der Waals surface area contributed by atoms with E-state index in [1.165, 1.54) is 0 Å². The fourth-order valence-electron chi connectivity index (χ4n) is 4.15. The fraction of sp³-hybridized carbons (Fsp3) is 0.409. The van der Waals surface area contributed by atoms with Crippen molar-refractivity contribution in [3.63, 3.8) is 0 Å². The highest BCUT2D eigenvalue weighted by molar-refractivity contribution is 6.30. The van der Waals surface area contributed by atoms with Crippen molar-refractivity contribution in [1.29, 1.82) is 0 Å². The van der Waals surface area contributed by atoms with E-state index in [4.69, 9.17) is 11.6 Å². The Morgan fingerprint density at radius 3 is 2.63 bits per heavy atom. The van der Waals surface area contributed by atoms with E-state index in [-0.39, 0.29) is 29.7 Å². The van der Waals surface area contributed by atoms with Crippen LogP contribution in [0.4, 0.5) is 0 Å². The molecular weight excluding hydrogens is 402 g/mol. The Kier molecular flexibility index (Phi) is 6.62. The largest absolute Gasteiger partial charge is 0.352 e. The number of hydrogen-bond acceptors (Lipinski definition) is 5. The van der Waals surface area contributed by atoms with E-state index >= 15 is 0 Å². The van der Waals surface area contributed by atoms with Gasteiger partial charge in [0.2, 0.25) is 11.8 Å². The minimum absolute atomic E-state index is 0.0502. The molecule has 2 amide bonds. The summed E-state index contributed by atoms with van der Waals surface area (Å²) in [4.78, 5) is 31.6. The molecule has 1 aromatic heterocycles. The number of nitrogens with one attached hydrogen (secondary N) is 3. The number of pyridine rings is 1. The van der Waals surface area contributed by atoms with Gasteiger partial charge >= 0.3 is 0 Å². The summed E-state index contributed by atoms with van der Waals surface area (Å²) in [7, 11) is 0. The number of aromatic nitrogens is 1. The second-order valence-electron chi connectivity index (χ2n) is 7.84. The zero-order valence-corrected chi connectivity index (χ0v) is 17.4. The van der Waals surface area contributed by atoms with Crippen LogP contribution in [0.3, 0.4) is 0 Å². The van der Waals surface area contributed by atoms with Gasteiger partial charge in [0.05, 0.1) is 12.0 Å². The second-order valence-corrected chi connectivity index (χ2v) is 8.28. The predicted molar refractivity (Wildman–Crippen MR) is 114 cm³/mol. The third-order valence-corrected chi connectivity index (χ3v) is 6.15. The number of carbonyl (C=O) groups excluding carboxylic acids is 2. The molecule has 0 spiro atoms. The van der Waals surface area contributed by atoms with E-state index in [1.807, 2.05) is 41.3 Å². The van der Waals surface area contributed by atoms with Gasteiger partial charge in [-0.15, -0.1) is 0 Å². The zero-order valence-electron chi connectivity index (χ0n) is 16.7. The standard InChI is InChI=1S/C22H26ClN5O2/c23-18-5-3-16(4-6-18)20-19(14-26-27-20)22(30)28-10-7-17(8-11-28)21(29)25-13-15-2-1-9-24-12-15/h1-6,9,12,17,19-20,26-27H,7-8,10-11,13-14H2,(H,25,29). The molecule has 2 atom stereocenters. The van der Waals surface area contributed by atoms with Crippen LogP contribution in [0.5, 0.6) is 0 Å². The van der Waals surface area contributed by atoms with Crippen LogP contribution in [0.2, 0.25) is 5.02 Å². The van der Waals surface area contributed by atoms with Gasteiger partial charge in [-0.2, -0.15) is 0 Å². The lowest BCUT2D eigenvalue weighted by Gasteiger charge is -2.34. The minimum Gasteiger partial charge on any atom is -0.352 e. The molecule has 2 aromatic rings. The maximum absolute atomic E-state index is 13.2. The Balaban J connectivity index is 1.29. The maximum atomic E-state index is 13.2. The van der Waals surface area contributed by atoms with Gasteiger partial charge < -0.3 is 10.2 Å². The highest BCUT2D eigenvalue weighted by atomic mass is 35.5. The Hall–Kier alpha value is -2.48. The Morgan fingerprint density at radius 2 is 1.93 bits per heavy atom. The topological polar surface area (TPSA) is 86.4 Å². The molecule has 2 aliphatic rings. The number of piperidine rings is 1. The van der Waals surface area contributed by atoms with Gasteiger partial charge in [-0.3, -0.25) is 20.0 Å². The molecule has 3 N–H and O–H groups in total. The van der Waals surface area contributed by atoms with Crippen molar-refractivity contribution in [2.24, 2.45) is 11.8 Å². The number of likely N-dealkylation sites (tertiary alicyclic amines) is 1. The number of carbonyl (C=O) groups is 2. The molecule has 2 saturated heterocycles. The molecule has 3 heterocycles. The third-order valence-electron chi connectivity index (χ3n) is 5.90. The molecule has 0 bridgehead atoms. The van der Waals surface area contributed by atoms with Crippen molar-refractivity contribution < 1.29 is 9.59 Å². The van der Waals surface area contributed by atoms with Gasteiger partial charge in [-0.25, -0.2) is 5.43 Å². The molecule has 4 rings (SSSR count). The lowest BCUT2D eigenvalue weighted by Crippen LogP contribution is -2.46. The minimum atomic E-state index is -0.179. The van der Waals surface area contributed by atoms with Gasteiger partial charge in [0.1, 0.15) is 0 Å². The highest BCUT2D eigenvalue weighted by Crippen LogP contribution is 2.29. The first-order valence-corrected chi connectivity index (χ1v) is 10.7. The van der Waals surface area contributed by atoms with Crippen molar-refractivity contribution >= 4 is 23.4 Å². The molecule has 0 radical (unpaired) electrons. The molecule has 0 saturated carbocycles. The van der Waals surface area contributed by atoms with Gasteiger partial charge in [0.25, 0.3) is 0 Å². The predicted octanol–water partition coefficient (Wildman–Crippen LogP) is 2.06. The SMILES string of the molecule is O=C(NCc1cccnc1)C1CCN(C(=O)C2CNNC2c2ccc(Cl)cc2)CC1. The molecule has 1 aromatic carbocycles.